The van der Waals surface area contributed by atoms with E-state index in [-0.39, 0.29) is 0 Å². The van der Waals surface area contributed by atoms with Gasteiger partial charge in [-0.25, -0.2) is 0 Å². The zero-order chi connectivity index (χ0) is 9.97. The molecule has 0 aromatic heterocycles. The molecule has 3 nitrogen and oxygen atoms in total. The summed E-state index contributed by atoms with van der Waals surface area (Å²) in [4.78, 5) is 7.64. The van der Waals surface area contributed by atoms with E-state index in [0.29, 0.717) is 6.17 Å². The molecule has 14 heavy (non-hydrogen) atoms. The van der Waals surface area contributed by atoms with Crippen LogP contribution in [0.1, 0.15) is 19.3 Å². The summed E-state index contributed by atoms with van der Waals surface area (Å²) < 4.78 is 0. The second-order valence-electron chi connectivity index (χ2n) is 4.82. The second kappa shape index (κ2) is 4.60. The maximum atomic E-state index is 2.67. The largest absolute Gasteiger partial charge is 0.302 e. The van der Waals surface area contributed by atoms with Crippen LogP contribution >= 0.6 is 0 Å². The number of likely N-dealkylation sites (tertiary alicyclic amines) is 1. The third-order valence-corrected chi connectivity index (χ3v) is 3.63. The minimum absolute atomic E-state index is 0.675. The van der Waals surface area contributed by atoms with Gasteiger partial charge in [-0.1, -0.05) is 6.42 Å². The Labute approximate surface area is 87.7 Å². The number of hydrogen-bond acceptors (Lipinski definition) is 3. The summed E-state index contributed by atoms with van der Waals surface area (Å²) in [6.45, 7) is 6.28. The van der Waals surface area contributed by atoms with E-state index in [0.717, 1.165) is 0 Å². The summed E-state index contributed by atoms with van der Waals surface area (Å²) >= 11 is 0. The molecule has 2 fully saturated rings. The standard InChI is InChI=1S/C11H23N3/c1-12-8-9-13(2)11(10-12)14-6-4-3-5-7-14/h11H,3-10H2,1-2H3. The Balaban J connectivity index is 1.92. The Morgan fingerprint density at radius 3 is 2.29 bits per heavy atom. The van der Waals surface area contributed by atoms with E-state index in [2.05, 4.69) is 28.8 Å². The molecular formula is C11H23N3. The predicted molar refractivity (Wildman–Crippen MR) is 59.3 cm³/mol. The molecule has 1 atom stereocenters. The van der Waals surface area contributed by atoms with Crippen LogP contribution in [0.4, 0.5) is 0 Å². The van der Waals surface area contributed by atoms with Crippen molar-refractivity contribution in [1.82, 2.24) is 14.7 Å². The average Bonchev–Trinajstić information content (AvgIpc) is 2.23. The van der Waals surface area contributed by atoms with Gasteiger partial charge in [-0.15, -0.1) is 0 Å². The highest BCUT2D eigenvalue weighted by molar-refractivity contribution is 4.80. The summed E-state index contributed by atoms with van der Waals surface area (Å²) in [5.74, 6) is 0. The van der Waals surface area contributed by atoms with Crippen LogP contribution in [0.5, 0.6) is 0 Å². The van der Waals surface area contributed by atoms with Crippen molar-refractivity contribution in [3.8, 4) is 0 Å². The molecule has 0 bridgehead atoms. The molecule has 3 heteroatoms. The van der Waals surface area contributed by atoms with Gasteiger partial charge in [0, 0.05) is 19.6 Å². The van der Waals surface area contributed by atoms with E-state index in [1.54, 1.807) is 0 Å². The van der Waals surface area contributed by atoms with Crippen LogP contribution in [0.15, 0.2) is 0 Å². The SMILES string of the molecule is CN1CCN(C)C(N2CCCCC2)C1. The number of likely N-dealkylation sites (N-methyl/N-ethyl adjacent to an activating group) is 2. The molecule has 2 aliphatic heterocycles. The molecule has 2 aliphatic rings. The van der Waals surface area contributed by atoms with Crippen molar-refractivity contribution >= 4 is 0 Å². The molecule has 0 aliphatic carbocycles. The van der Waals surface area contributed by atoms with Crippen LogP contribution < -0.4 is 0 Å². The van der Waals surface area contributed by atoms with Gasteiger partial charge in [0.1, 0.15) is 0 Å². The lowest BCUT2D eigenvalue weighted by Gasteiger charge is -2.45. The van der Waals surface area contributed by atoms with Crippen LogP contribution in [0, 0.1) is 0 Å². The van der Waals surface area contributed by atoms with Crippen molar-refractivity contribution in [3.05, 3.63) is 0 Å². The van der Waals surface area contributed by atoms with E-state index >= 15 is 0 Å². The smallest absolute Gasteiger partial charge is 0.0751 e. The third-order valence-electron chi connectivity index (χ3n) is 3.63. The number of hydrogen-bond donors (Lipinski definition) is 0. The number of piperidine rings is 1. The lowest BCUT2D eigenvalue weighted by Crippen LogP contribution is -2.58. The lowest BCUT2D eigenvalue weighted by atomic mass is 10.1. The van der Waals surface area contributed by atoms with Crippen molar-refractivity contribution in [2.45, 2.75) is 25.4 Å². The first kappa shape index (κ1) is 10.4. The molecule has 0 spiro atoms. The Hall–Kier alpha value is -0.120. The molecule has 2 heterocycles. The summed E-state index contributed by atoms with van der Waals surface area (Å²) in [6.07, 6.45) is 4.90. The minimum atomic E-state index is 0.675. The van der Waals surface area contributed by atoms with Gasteiger partial charge in [-0.05, 0) is 40.0 Å². The first-order valence-corrected chi connectivity index (χ1v) is 5.90. The lowest BCUT2D eigenvalue weighted by molar-refractivity contribution is -0.00794. The van der Waals surface area contributed by atoms with Crippen molar-refractivity contribution in [2.24, 2.45) is 0 Å². The zero-order valence-electron chi connectivity index (χ0n) is 9.58. The van der Waals surface area contributed by atoms with E-state index in [1.165, 1.54) is 52.0 Å². The molecular weight excluding hydrogens is 174 g/mol. The van der Waals surface area contributed by atoms with Crippen LogP contribution in [0.3, 0.4) is 0 Å². The fraction of sp³-hybridized carbons (Fsp3) is 1.00. The molecule has 0 aromatic rings. The highest BCUT2D eigenvalue weighted by Gasteiger charge is 2.28. The molecule has 1 unspecified atom stereocenters. The number of rotatable bonds is 1. The van der Waals surface area contributed by atoms with Crippen LogP contribution in [-0.2, 0) is 0 Å². The van der Waals surface area contributed by atoms with Crippen LogP contribution in [0.2, 0.25) is 0 Å². The maximum absolute atomic E-state index is 2.67. The quantitative estimate of drug-likeness (QED) is 0.612. The Morgan fingerprint density at radius 1 is 0.857 bits per heavy atom. The van der Waals surface area contributed by atoms with Gasteiger partial charge in [-0.3, -0.25) is 9.80 Å². The normalized spacial score (nSPS) is 33.4. The van der Waals surface area contributed by atoms with Gasteiger partial charge < -0.3 is 4.90 Å². The predicted octanol–water partition coefficient (Wildman–Crippen LogP) is 0.676. The molecule has 0 N–H and O–H groups in total. The van der Waals surface area contributed by atoms with E-state index in [1.807, 2.05) is 0 Å². The van der Waals surface area contributed by atoms with Gasteiger partial charge in [0.25, 0.3) is 0 Å². The fourth-order valence-corrected chi connectivity index (χ4v) is 2.60. The molecule has 2 saturated heterocycles. The van der Waals surface area contributed by atoms with E-state index in [9.17, 15) is 0 Å². The third kappa shape index (κ3) is 2.27. The number of piperazine rings is 1. The minimum Gasteiger partial charge on any atom is -0.302 e. The van der Waals surface area contributed by atoms with Gasteiger partial charge in [0.2, 0.25) is 0 Å². The Kier molecular flexibility index (Phi) is 3.42. The van der Waals surface area contributed by atoms with Crippen molar-refractivity contribution < 1.29 is 0 Å². The second-order valence-corrected chi connectivity index (χ2v) is 4.82. The monoisotopic (exact) mass is 197 g/mol. The maximum Gasteiger partial charge on any atom is 0.0751 e. The summed E-state index contributed by atoms with van der Waals surface area (Å²) in [5, 5.41) is 0. The van der Waals surface area contributed by atoms with E-state index in [4.69, 9.17) is 0 Å². The average molecular weight is 197 g/mol. The highest BCUT2D eigenvalue weighted by Crippen LogP contribution is 2.16. The molecule has 0 saturated carbocycles. The van der Waals surface area contributed by atoms with Gasteiger partial charge >= 0.3 is 0 Å². The molecule has 82 valence electrons. The molecule has 0 aromatic carbocycles. The first-order valence-electron chi connectivity index (χ1n) is 5.90. The topological polar surface area (TPSA) is 9.72 Å². The van der Waals surface area contributed by atoms with Crippen molar-refractivity contribution in [1.29, 1.82) is 0 Å². The fourth-order valence-electron chi connectivity index (χ4n) is 2.60. The van der Waals surface area contributed by atoms with Gasteiger partial charge in [0.05, 0.1) is 6.17 Å². The molecule has 0 amide bonds. The zero-order valence-corrected chi connectivity index (χ0v) is 9.58. The van der Waals surface area contributed by atoms with Gasteiger partial charge in [-0.2, -0.15) is 0 Å². The summed E-state index contributed by atoms with van der Waals surface area (Å²) in [6, 6.07) is 0. The first-order chi connectivity index (χ1) is 6.77. The summed E-state index contributed by atoms with van der Waals surface area (Å²) in [5.41, 5.74) is 0. The van der Waals surface area contributed by atoms with Crippen LogP contribution in [-0.4, -0.2) is 67.7 Å². The molecule has 2 rings (SSSR count). The number of nitrogens with zero attached hydrogens (tertiary/aromatic N) is 3. The molecule has 0 radical (unpaired) electrons. The summed E-state index contributed by atoms with van der Waals surface area (Å²) in [7, 11) is 4.51. The Bertz CT molecular complexity index is 177. The van der Waals surface area contributed by atoms with E-state index < -0.39 is 0 Å². The Morgan fingerprint density at radius 2 is 1.57 bits per heavy atom. The van der Waals surface area contributed by atoms with Crippen molar-refractivity contribution in [2.75, 3.05) is 46.8 Å². The van der Waals surface area contributed by atoms with Crippen molar-refractivity contribution in [3.63, 3.8) is 0 Å². The highest BCUT2D eigenvalue weighted by atomic mass is 15.4. The van der Waals surface area contributed by atoms with Gasteiger partial charge in [0.15, 0.2) is 0 Å². The van der Waals surface area contributed by atoms with Crippen LogP contribution in [0.25, 0.3) is 0 Å².